The predicted molar refractivity (Wildman–Crippen MR) is 108 cm³/mol. The molecule has 7 nitrogen and oxygen atoms in total. The molecule has 4 rings (SSSR count). The first-order valence-corrected chi connectivity index (χ1v) is 10.4. The van der Waals surface area contributed by atoms with Crippen molar-refractivity contribution in [2.24, 2.45) is 5.92 Å². The quantitative estimate of drug-likeness (QED) is 0.768. The van der Waals surface area contributed by atoms with Crippen LogP contribution in [-0.2, 0) is 9.53 Å². The Labute approximate surface area is 166 Å². The Balaban J connectivity index is 1.30. The van der Waals surface area contributed by atoms with Crippen molar-refractivity contribution in [2.45, 2.75) is 31.7 Å². The number of piperidine rings is 2. The predicted octanol–water partition coefficient (Wildman–Crippen LogP) is 2.27. The first-order chi connectivity index (χ1) is 13.7. The number of hydrogen-bond donors (Lipinski definition) is 1. The number of para-hydroxylation sites is 2. The number of likely N-dealkylation sites (tertiary alicyclic amines) is 1. The van der Waals surface area contributed by atoms with E-state index in [4.69, 9.17) is 9.15 Å². The van der Waals surface area contributed by atoms with Crippen molar-refractivity contribution in [1.82, 2.24) is 15.2 Å². The summed E-state index contributed by atoms with van der Waals surface area (Å²) in [5.74, 6) is 0.270. The maximum absolute atomic E-state index is 12.4. The van der Waals surface area contributed by atoms with Crippen LogP contribution in [-0.4, -0.2) is 68.3 Å². The van der Waals surface area contributed by atoms with Crippen LogP contribution in [0.1, 0.15) is 25.7 Å². The second-order valence-corrected chi connectivity index (χ2v) is 7.80. The van der Waals surface area contributed by atoms with Crippen LogP contribution in [0.15, 0.2) is 28.7 Å². The molecule has 1 aromatic heterocycles. The number of anilines is 1. The van der Waals surface area contributed by atoms with Crippen LogP contribution in [0.5, 0.6) is 0 Å². The lowest BCUT2D eigenvalue weighted by molar-refractivity contribution is -0.127. The average Bonchev–Trinajstić information content (AvgIpc) is 3.18. The number of fused-ring (bicyclic) bond motifs is 1. The second-order valence-electron chi connectivity index (χ2n) is 7.80. The van der Waals surface area contributed by atoms with E-state index in [0.717, 1.165) is 69.0 Å². The van der Waals surface area contributed by atoms with Gasteiger partial charge in [-0.15, -0.1) is 0 Å². The Morgan fingerprint density at radius 1 is 1.25 bits per heavy atom. The number of rotatable bonds is 6. The first kappa shape index (κ1) is 19.2. The van der Waals surface area contributed by atoms with E-state index in [1.807, 2.05) is 24.3 Å². The molecule has 1 atom stereocenters. The molecule has 0 spiro atoms. The monoisotopic (exact) mass is 386 g/mol. The van der Waals surface area contributed by atoms with Gasteiger partial charge in [0, 0.05) is 39.3 Å². The summed E-state index contributed by atoms with van der Waals surface area (Å²) in [6, 6.07) is 9.18. The molecule has 0 aliphatic carbocycles. The lowest BCUT2D eigenvalue weighted by atomic mass is 9.93. The number of methoxy groups -OCH3 is 1. The maximum atomic E-state index is 12.4. The van der Waals surface area contributed by atoms with Gasteiger partial charge in [0.25, 0.3) is 6.01 Å². The van der Waals surface area contributed by atoms with E-state index in [1.165, 1.54) is 0 Å². The molecule has 1 amide bonds. The highest BCUT2D eigenvalue weighted by molar-refractivity contribution is 5.79. The summed E-state index contributed by atoms with van der Waals surface area (Å²) in [5, 5.41) is 3.00. The van der Waals surface area contributed by atoms with Crippen molar-refractivity contribution in [1.29, 1.82) is 0 Å². The zero-order valence-corrected chi connectivity index (χ0v) is 16.6. The minimum Gasteiger partial charge on any atom is -0.423 e. The fraction of sp³-hybridized carbons (Fsp3) is 0.619. The van der Waals surface area contributed by atoms with Gasteiger partial charge >= 0.3 is 0 Å². The SMILES string of the molecule is COCCNC(=O)[C@H]1CCCN(C2CCN(c3nc4ccccc4o3)CC2)C1. The number of ether oxygens (including phenoxy) is 1. The Bertz CT molecular complexity index is 752. The highest BCUT2D eigenvalue weighted by atomic mass is 16.5. The van der Waals surface area contributed by atoms with Crippen molar-refractivity contribution in [3.05, 3.63) is 24.3 Å². The van der Waals surface area contributed by atoms with Gasteiger partial charge < -0.3 is 19.4 Å². The van der Waals surface area contributed by atoms with Gasteiger partial charge in [0.2, 0.25) is 5.91 Å². The molecule has 0 radical (unpaired) electrons. The van der Waals surface area contributed by atoms with Gasteiger partial charge in [-0.05, 0) is 44.4 Å². The van der Waals surface area contributed by atoms with Crippen molar-refractivity contribution >= 4 is 23.0 Å². The van der Waals surface area contributed by atoms with Gasteiger partial charge in [0.15, 0.2) is 5.58 Å². The highest BCUT2D eigenvalue weighted by Gasteiger charge is 2.32. The Hall–Kier alpha value is -2.12. The van der Waals surface area contributed by atoms with Gasteiger partial charge in [-0.2, -0.15) is 4.98 Å². The van der Waals surface area contributed by atoms with Gasteiger partial charge in [0.1, 0.15) is 5.52 Å². The number of benzene rings is 1. The first-order valence-electron chi connectivity index (χ1n) is 10.4. The number of nitrogens with zero attached hydrogens (tertiary/aromatic N) is 3. The summed E-state index contributed by atoms with van der Waals surface area (Å²) in [7, 11) is 1.65. The molecular weight excluding hydrogens is 356 g/mol. The van der Waals surface area contributed by atoms with Crippen LogP contribution in [0, 0.1) is 5.92 Å². The van der Waals surface area contributed by atoms with Gasteiger partial charge in [-0.3, -0.25) is 9.69 Å². The molecule has 0 unspecified atom stereocenters. The molecular formula is C21H30N4O3. The summed E-state index contributed by atoms with van der Waals surface area (Å²) in [4.78, 5) is 21.8. The van der Waals surface area contributed by atoms with Gasteiger partial charge in [-0.25, -0.2) is 0 Å². The summed E-state index contributed by atoms with van der Waals surface area (Å²) in [5.41, 5.74) is 1.76. The van der Waals surface area contributed by atoms with E-state index in [0.29, 0.717) is 19.2 Å². The topological polar surface area (TPSA) is 70.8 Å². The van der Waals surface area contributed by atoms with E-state index >= 15 is 0 Å². The maximum Gasteiger partial charge on any atom is 0.298 e. The zero-order chi connectivity index (χ0) is 19.3. The number of oxazole rings is 1. The number of hydrogen-bond acceptors (Lipinski definition) is 6. The average molecular weight is 386 g/mol. The Morgan fingerprint density at radius 2 is 2.07 bits per heavy atom. The molecule has 1 aromatic carbocycles. The number of carbonyl (C=O) groups excluding carboxylic acids is 1. The summed E-state index contributed by atoms with van der Waals surface area (Å²) in [6.45, 7) is 5.00. The molecule has 2 fully saturated rings. The van der Waals surface area contributed by atoms with Crippen LogP contribution >= 0.6 is 0 Å². The number of aromatic nitrogens is 1. The fourth-order valence-corrected chi connectivity index (χ4v) is 4.39. The largest absolute Gasteiger partial charge is 0.423 e. The molecule has 3 heterocycles. The van der Waals surface area contributed by atoms with E-state index < -0.39 is 0 Å². The summed E-state index contributed by atoms with van der Waals surface area (Å²) in [6.07, 6.45) is 4.23. The highest BCUT2D eigenvalue weighted by Crippen LogP contribution is 2.28. The van der Waals surface area contributed by atoms with Crippen LogP contribution in [0.25, 0.3) is 11.1 Å². The number of carbonyl (C=O) groups is 1. The third-order valence-corrected chi connectivity index (χ3v) is 5.96. The third kappa shape index (κ3) is 4.31. The van der Waals surface area contributed by atoms with Crippen LogP contribution < -0.4 is 10.2 Å². The van der Waals surface area contributed by atoms with E-state index in [9.17, 15) is 4.79 Å². The van der Waals surface area contributed by atoms with Crippen LogP contribution in [0.3, 0.4) is 0 Å². The third-order valence-electron chi connectivity index (χ3n) is 5.96. The molecule has 2 aliphatic rings. The molecule has 152 valence electrons. The van der Waals surface area contributed by atoms with E-state index in [1.54, 1.807) is 7.11 Å². The Morgan fingerprint density at radius 3 is 2.86 bits per heavy atom. The Kier molecular flexibility index (Phi) is 6.12. The lowest BCUT2D eigenvalue weighted by Crippen LogP contribution is -2.51. The van der Waals surface area contributed by atoms with E-state index in [-0.39, 0.29) is 11.8 Å². The second kappa shape index (κ2) is 8.92. The number of amides is 1. The van der Waals surface area contributed by atoms with Crippen molar-refractivity contribution in [2.75, 3.05) is 51.3 Å². The fourth-order valence-electron chi connectivity index (χ4n) is 4.39. The molecule has 0 bridgehead atoms. The minimum absolute atomic E-state index is 0.0978. The minimum atomic E-state index is 0.0978. The molecule has 7 heteroatoms. The molecule has 2 aromatic rings. The molecule has 1 N–H and O–H groups in total. The van der Waals surface area contributed by atoms with Crippen molar-refractivity contribution < 1.29 is 13.9 Å². The zero-order valence-electron chi connectivity index (χ0n) is 16.6. The van der Waals surface area contributed by atoms with Crippen LogP contribution in [0.2, 0.25) is 0 Å². The van der Waals surface area contributed by atoms with Gasteiger partial charge in [-0.1, -0.05) is 12.1 Å². The van der Waals surface area contributed by atoms with Crippen LogP contribution in [0.4, 0.5) is 6.01 Å². The molecule has 2 aliphatic heterocycles. The normalized spacial score (nSPS) is 21.9. The molecule has 2 saturated heterocycles. The number of nitrogens with one attached hydrogen (secondary N) is 1. The van der Waals surface area contributed by atoms with Crippen molar-refractivity contribution in [3.8, 4) is 0 Å². The smallest absolute Gasteiger partial charge is 0.298 e. The standard InChI is InChI=1S/C21H30N4O3/c1-27-14-10-22-20(26)16-5-4-11-25(15-16)17-8-12-24(13-9-17)21-23-18-6-2-3-7-19(18)28-21/h2-3,6-7,16-17H,4-5,8-15H2,1H3,(H,22,26)/t16-/m0/s1. The molecule has 28 heavy (non-hydrogen) atoms. The van der Waals surface area contributed by atoms with Gasteiger partial charge in [0.05, 0.1) is 12.5 Å². The van der Waals surface area contributed by atoms with E-state index in [2.05, 4.69) is 20.1 Å². The lowest BCUT2D eigenvalue weighted by Gasteiger charge is -2.41. The summed E-state index contributed by atoms with van der Waals surface area (Å²) < 4.78 is 10.9. The summed E-state index contributed by atoms with van der Waals surface area (Å²) >= 11 is 0. The molecule has 0 saturated carbocycles. The van der Waals surface area contributed by atoms with Crippen molar-refractivity contribution in [3.63, 3.8) is 0 Å².